The van der Waals surface area contributed by atoms with Gasteiger partial charge in [0.25, 0.3) is 5.91 Å². The summed E-state index contributed by atoms with van der Waals surface area (Å²) in [4.78, 5) is 12.5. The summed E-state index contributed by atoms with van der Waals surface area (Å²) in [5.41, 5.74) is 1.05. The molecule has 2 aromatic rings. The standard InChI is InChI=1S/C19H19ClFNO2/c1-12(24-17-10-8-16(21)9-11-17)19(23)22-18(13-2-3-13)14-4-6-15(20)7-5-14/h4-13,18H,2-3H2,1H3,(H,22,23)/t12-,18-/m1/s1. The Morgan fingerprint density at radius 3 is 2.38 bits per heavy atom. The molecule has 2 aromatic carbocycles. The van der Waals surface area contributed by atoms with Crippen LogP contribution < -0.4 is 10.1 Å². The van der Waals surface area contributed by atoms with E-state index in [2.05, 4.69) is 5.32 Å². The molecule has 1 fully saturated rings. The summed E-state index contributed by atoms with van der Waals surface area (Å²) in [7, 11) is 0. The van der Waals surface area contributed by atoms with Gasteiger partial charge in [-0.1, -0.05) is 23.7 Å². The average Bonchev–Trinajstić information content (AvgIpc) is 3.40. The number of hydrogen-bond donors (Lipinski definition) is 1. The lowest BCUT2D eigenvalue weighted by atomic mass is 10.0. The second kappa shape index (κ2) is 7.22. The van der Waals surface area contributed by atoms with E-state index >= 15 is 0 Å². The molecule has 0 heterocycles. The van der Waals surface area contributed by atoms with Gasteiger partial charge in [0, 0.05) is 5.02 Å². The summed E-state index contributed by atoms with van der Waals surface area (Å²) in [6.07, 6.45) is 1.53. The minimum absolute atomic E-state index is 0.0333. The minimum Gasteiger partial charge on any atom is -0.481 e. The van der Waals surface area contributed by atoms with Crippen LogP contribution in [0.15, 0.2) is 48.5 Å². The van der Waals surface area contributed by atoms with E-state index in [1.54, 1.807) is 6.92 Å². The van der Waals surface area contributed by atoms with Crippen LogP contribution in [0.2, 0.25) is 5.02 Å². The number of halogens is 2. The minimum atomic E-state index is -0.663. The third kappa shape index (κ3) is 4.26. The fourth-order valence-corrected chi connectivity index (χ4v) is 2.74. The highest BCUT2D eigenvalue weighted by Crippen LogP contribution is 2.41. The van der Waals surface area contributed by atoms with Crippen molar-refractivity contribution in [2.45, 2.75) is 31.9 Å². The fraction of sp³-hybridized carbons (Fsp3) is 0.316. The van der Waals surface area contributed by atoms with Gasteiger partial charge in [0.2, 0.25) is 0 Å². The van der Waals surface area contributed by atoms with E-state index in [-0.39, 0.29) is 17.8 Å². The van der Waals surface area contributed by atoms with Crippen molar-refractivity contribution in [2.24, 2.45) is 5.92 Å². The fourth-order valence-electron chi connectivity index (χ4n) is 2.61. The van der Waals surface area contributed by atoms with Gasteiger partial charge in [-0.2, -0.15) is 0 Å². The number of amides is 1. The van der Waals surface area contributed by atoms with Crippen LogP contribution in [0.25, 0.3) is 0 Å². The van der Waals surface area contributed by atoms with Crippen molar-refractivity contribution in [3.8, 4) is 5.75 Å². The third-order valence-corrected chi connectivity index (χ3v) is 4.37. The largest absolute Gasteiger partial charge is 0.481 e. The molecule has 1 aliphatic rings. The van der Waals surface area contributed by atoms with Gasteiger partial charge in [0.05, 0.1) is 6.04 Å². The molecule has 2 atom stereocenters. The summed E-state index contributed by atoms with van der Waals surface area (Å²) >= 11 is 5.94. The topological polar surface area (TPSA) is 38.3 Å². The number of benzene rings is 2. The highest BCUT2D eigenvalue weighted by atomic mass is 35.5. The Labute approximate surface area is 145 Å². The van der Waals surface area contributed by atoms with Crippen molar-refractivity contribution >= 4 is 17.5 Å². The van der Waals surface area contributed by atoms with Crippen molar-refractivity contribution in [3.05, 3.63) is 64.9 Å². The predicted octanol–water partition coefficient (Wildman–Crippen LogP) is 4.51. The molecule has 1 saturated carbocycles. The van der Waals surface area contributed by atoms with Crippen LogP contribution in [0, 0.1) is 11.7 Å². The zero-order valence-electron chi connectivity index (χ0n) is 13.3. The van der Waals surface area contributed by atoms with Gasteiger partial charge >= 0.3 is 0 Å². The van der Waals surface area contributed by atoms with Crippen molar-refractivity contribution in [3.63, 3.8) is 0 Å². The Hall–Kier alpha value is -2.07. The Balaban J connectivity index is 1.64. The maximum absolute atomic E-state index is 12.9. The van der Waals surface area contributed by atoms with Crippen LogP contribution in [-0.4, -0.2) is 12.0 Å². The highest BCUT2D eigenvalue weighted by molar-refractivity contribution is 6.30. The highest BCUT2D eigenvalue weighted by Gasteiger charge is 2.34. The van der Waals surface area contributed by atoms with Crippen molar-refractivity contribution in [2.75, 3.05) is 0 Å². The second-order valence-electron chi connectivity index (χ2n) is 6.09. The van der Waals surface area contributed by atoms with Crippen molar-refractivity contribution < 1.29 is 13.9 Å². The molecule has 1 amide bonds. The molecular formula is C19H19ClFNO2. The van der Waals surface area contributed by atoms with Crippen LogP contribution in [0.3, 0.4) is 0 Å². The van der Waals surface area contributed by atoms with Gasteiger partial charge in [0.15, 0.2) is 6.10 Å². The molecule has 1 N–H and O–H groups in total. The average molecular weight is 348 g/mol. The van der Waals surface area contributed by atoms with E-state index in [0.717, 1.165) is 18.4 Å². The number of carbonyl (C=O) groups is 1. The predicted molar refractivity (Wildman–Crippen MR) is 91.5 cm³/mol. The van der Waals surface area contributed by atoms with Crippen LogP contribution in [0.4, 0.5) is 4.39 Å². The first-order valence-corrected chi connectivity index (χ1v) is 8.39. The Bertz CT molecular complexity index is 698. The first-order valence-electron chi connectivity index (χ1n) is 8.01. The molecule has 0 unspecified atom stereocenters. The smallest absolute Gasteiger partial charge is 0.261 e. The van der Waals surface area contributed by atoms with Crippen LogP contribution >= 0.6 is 11.6 Å². The van der Waals surface area contributed by atoms with Crippen LogP contribution in [0.1, 0.15) is 31.4 Å². The lowest BCUT2D eigenvalue weighted by molar-refractivity contribution is -0.128. The normalized spacial score (nSPS) is 16.3. The SMILES string of the molecule is C[C@@H](Oc1ccc(F)cc1)C(=O)N[C@@H](c1ccc(Cl)cc1)C1CC1. The zero-order chi connectivity index (χ0) is 17.1. The van der Waals surface area contributed by atoms with E-state index in [1.165, 1.54) is 24.3 Å². The Morgan fingerprint density at radius 1 is 1.17 bits per heavy atom. The summed E-state index contributed by atoms with van der Waals surface area (Å²) < 4.78 is 18.5. The maximum atomic E-state index is 12.9. The number of ether oxygens (including phenoxy) is 1. The number of hydrogen-bond acceptors (Lipinski definition) is 2. The van der Waals surface area contributed by atoms with E-state index in [0.29, 0.717) is 16.7 Å². The molecule has 3 rings (SSSR count). The van der Waals surface area contributed by atoms with Gasteiger partial charge in [-0.3, -0.25) is 4.79 Å². The van der Waals surface area contributed by atoms with Gasteiger partial charge in [0.1, 0.15) is 11.6 Å². The first kappa shape index (κ1) is 16.8. The quantitative estimate of drug-likeness (QED) is 0.834. The van der Waals surface area contributed by atoms with E-state index in [4.69, 9.17) is 16.3 Å². The van der Waals surface area contributed by atoms with Crippen molar-refractivity contribution in [1.82, 2.24) is 5.32 Å². The molecule has 5 heteroatoms. The zero-order valence-corrected chi connectivity index (χ0v) is 14.1. The molecule has 0 saturated heterocycles. The number of carbonyl (C=O) groups excluding carboxylic acids is 1. The van der Waals surface area contributed by atoms with Crippen LogP contribution in [-0.2, 0) is 4.79 Å². The van der Waals surface area contributed by atoms with Crippen LogP contribution in [0.5, 0.6) is 5.75 Å². The second-order valence-corrected chi connectivity index (χ2v) is 6.53. The molecule has 1 aliphatic carbocycles. The number of rotatable bonds is 6. The van der Waals surface area contributed by atoms with Crippen molar-refractivity contribution in [1.29, 1.82) is 0 Å². The Kier molecular flexibility index (Phi) is 5.05. The summed E-state index contributed by atoms with van der Waals surface area (Å²) in [6, 6.07) is 13.1. The molecular weight excluding hydrogens is 329 g/mol. The van der Waals surface area contributed by atoms with Gasteiger partial charge in [-0.25, -0.2) is 4.39 Å². The molecule has 0 aliphatic heterocycles. The van der Waals surface area contributed by atoms with Gasteiger partial charge < -0.3 is 10.1 Å². The molecule has 126 valence electrons. The van der Waals surface area contributed by atoms with Gasteiger partial charge in [-0.05, 0) is 67.6 Å². The van der Waals surface area contributed by atoms with Gasteiger partial charge in [-0.15, -0.1) is 0 Å². The van der Waals surface area contributed by atoms with E-state index in [9.17, 15) is 9.18 Å². The number of nitrogens with one attached hydrogen (secondary N) is 1. The Morgan fingerprint density at radius 2 is 1.79 bits per heavy atom. The molecule has 3 nitrogen and oxygen atoms in total. The van der Waals surface area contributed by atoms with E-state index < -0.39 is 6.10 Å². The first-order chi connectivity index (χ1) is 11.5. The van der Waals surface area contributed by atoms with E-state index in [1.807, 2.05) is 24.3 Å². The molecule has 24 heavy (non-hydrogen) atoms. The monoisotopic (exact) mass is 347 g/mol. The third-order valence-electron chi connectivity index (χ3n) is 4.12. The summed E-state index contributed by atoms with van der Waals surface area (Å²) in [6.45, 7) is 1.69. The summed E-state index contributed by atoms with van der Waals surface area (Å²) in [5, 5.41) is 3.74. The molecule has 0 radical (unpaired) electrons. The lowest BCUT2D eigenvalue weighted by Gasteiger charge is -2.22. The molecule has 0 bridgehead atoms. The maximum Gasteiger partial charge on any atom is 0.261 e. The lowest BCUT2D eigenvalue weighted by Crippen LogP contribution is -2.39. The molecule has 0 aromatic heterocycles. The summed E-state index contributed by atoms with van der Waals surface area (Å²) in [5.74, 6) is 0.392. The molecule has 0 spiro atoms.